The van der Waals surface area contributed by atoms with Gasteiger partial charge in [-0.2, -0.15) is 0 Å². The van der Waals surface area contributed by atoms with Crippen molar-refractivity contribution in [3.05, 3.63) is 66.3 Å². The molecule has 1 aromatic carbocycles. The minimum Gasteiger partial charge on any atom is -0.382 e. The van der Waals surface area contributed by atoms with Gasteiger partial charge in [0.15, 0.2) is 11.5 Å². The van der Waals surface area contributed by atoms with E-state index in [0.717, 1.165) is 18.2 Å². The third-order valence-corrected chi connectivity index (χ3v) is 3.81. The lowest BCUT2D eigenvalue weighted by atomic mass is 10.2. The van der Waals surface area contributed by atoms with Crippen molar-refractivity contribution in [3.8, 4) is 11.3 Å². The molecule has 0 saturated heterocycles. The van der Waals surface area contributed by atoms with Crippen LogP contribution in [0, 0.1) is 11.6 Å². The molecule has 0 spiro atoms. The van der Waals surface area contributed by atoms with Crippen molar-refractivity contribution in [2.75, 3.05) is 11.1 Å². The van der Waals surface area contributed by atoms with E-state index >= 15 is 0 Å². The van der Waals surface area contributed by atoms with Crippen LogP contribution >= 0.6 is 0 Å². The minimum absolute atomic E-state index is 0. The molecular formula is C17H19F2N7. The van der Waals surface area contributed by atoms with Crippen LogP contribution in [0.1, 0.15) is 9.84 Å². The Hall–Kier alpha value is -3.62. The molecule has 0 unspecified atom stereocenters. The van der Waals surface area contributed by atoms with Crippen molar-refractivity contribution in [1.29, 1.82) is 0 Å². The summed E-state index contributed by atoms with van der Waals surface area (Å²) in [6, 6.07) is 6.69. The summed E-state index contributed by atoms with van der Waals surface area (Å²) < 4.78 is 28.6. The second kappa shape index (κ2) is 6.36. The zero-order valence-corrected chi connectivity index (χ0v) is 13.4. The summed E-state index contributed by atoms with van der Waals surface area (Å²) in [4.78, 5) is 12.6. The monoisotopic (exact) mass is 359 g/mol. The molecule has 4 aromatic rings. The number of hydrogen-bond donors (Lipinski definition) is 2. The first kappa shape index (κ1) is 15.9. The number of anilines is 2. The van der Waals surface area contributed by atoms with Gasteiger partial charge in [0.05, 0.1) is 11.3 Å². The molecule has 0 amide bonds. The number of nitrogen functional groups attached to an aromatic ring is 1. The number of rotatable bonds is 4. The lowest BCUT2D eigenvalue weighted by Crippen LogP contribution is -2.04. The highest BCUT2D eigenvalue weighted by Crippen LogP contribution is 2.28. The highest BCUT2D eigenvalue weighted by Gasteiger charge is 2.15. The molecule has 26 heavy (non-hydrogen) atoms. The first-order chi connectivity index (χ1) is 12.6. The van der Waals surface area contributed by atoms with E-state index in [9.17, 15) is 8.78 Å². The standard InChI is InChI=1S/C17H13F2N7.3H2/c18-11-2-3-12(19)10(6-11)8-22-14-7-13(23-9-24-14)15-16(20)25-26-5-1-4-21-17(15)26;;;/h1-7,9H,8H2,(H2,20,25)(H,22,23,24);3*1H. The first-order valence-electron chi connectivity index (χ1n) is 7.71. The van der Waals surface area contributed by atoms with Gasteiger partial charge < -0.3 is 11.1 Å². The van der Waals surface area contributed by atoms with E-state index in [-0.39, 0.29) is 22.2 Å². The van der Waals surface area contributed by atoms with Crippen LogP contribution in [0.25, 0.3) is 16.9 Å². The normalized spacial score (nSPS) is 11.0. The zero-order valence-electron chi connectivity index (χ0n) is 13.4. The van der Waals surface area contributed by atoms with Crippen molar-refractivity contribution in [2.45, 2.75) is 6.54 Å². The van der Waals surface area contributed by atoms with Gasteiger partial charge in [0.1, 0.15) is 23.8 Å². The second-order valence-corrected chi connectivity index (χ2v) is 5.53. The molecule has 3 N–H and O–H groups in total. The Bertz CT molecular complexity index is 1110. The van der Waals surface area contributed by atoms with E-state index in [1.165, 1.54) is 6.33 Å². The maximum absolute atomic E-state index is 13.7. The molecule has 3 heterocycles. The number of nitrogens with two attached hydrogens (primary N) is 1. The SMILES string of the molecule is Nc1nn2cccnc2c1-c1cc(NCc2cc(F)ccc2F)ncn1.[HH].[HH].[HH]. The Morgan fingerprint density at radius 1 is 1.15 bits per heavy atom. The maximum atomic E-state index is 13.7. The van der Waals surface area contributed by atoms with Gasteiger partial charge in [-0.15, -0.1) is 5.10 Å². The third-order valence-electron chi connectivity index (χ3n) is 3.81. The molecular weight excluding hydrogens is 340 g/mol. The van der Waals surface area contributed by atoms with Gasteiger partial charge in [0.25, 0.3) is 0 Å². The molecule has 136 valence electrons. The Morgan fingerprint density at radius 3 is 2.92 bits per heavy atom. The summed E-state index contributed by atoms with van der Waals surface area (Å²) in [6.45, 7) is 0.0720. The lowest BCUT2D eigenvalue weighted by molar-refractivity contribution is 0.587. The molecule has 4 rings (SSSR count). The quantitative estimate of drug-likeness (QED) is 0.580. The number of aromatic nitrogens is 5. The van der Waals surface area contributed by atoms with Crippen LogP contribution in [0.3, 0.4) is 0 Å². The van der Waals surface area contributed by atoms with Gasteiger partial charge >= 0.3 is 0 Å². The first-order valence-corrected chi connectivity index (χ1v) is 7.71. The fourth-order valence-corrected chi connectivity index (χ4v) is 2.60. The largest absolute Gasteiger partial charge is 0.382 e. The molecule has 0 saturated carbocycles. The molecule has 0 radical (unpaired) electrons. The molecule has 0 bridgehead atoms. The van der Waals surface area contributed by atoms with E-state index in [0.29, 0.717) is 22.7 Å². The van der Waals surface area contributed by atoms with Crippen molar-refractivity contribution in [2.24, 2.45) is 0 Å². The third kappa shape index (κ3) is 2.90. The topological polar surface area (TPSA) is 94.0 Å². The molecule has 0 aliphatic heterocycles. The Labute approximate surface area is 151 Å². The van der Waals surface area contributed by atoms with Gasteiger partial charge in [0.2, 0.25) is 0 Å². The average molecular weight is 359 g/mol. The summed E-state index contributed by atoms with van der Waals surface area (Å²) in [5.74, 6) is -0.279. The van der Waals surface area contributed by atoms with E-state index in [4.69, 9.17) is 5.73 Å². The fourth-order valence-electron chi connectivity index (χ4n) is 2.60. The number of fused-ring (bicyclic) bond motifs is 1. The molecule has 0 atom stereocenters. The number of halogens is 2. The van der Waals surface area contributed by atoms with E-state index < -0.39 is 11.6 Å². The molecule has 0 aliphatic rings. The Balaban J connectivity index is 0.00000140. The smallest absolute Gasteiger partial charge is 0.166 e. The number of nitrogens with one attached hydrogen (secondary N) is 1. The predicted octanol–water partition coefficient (Wildman–Crippen LogP) is 3.40. The van der Waals surface area contributed by atoms with Crippen LogP contribution in [-0.2, 0) is 6.54 Å². The van der Waals surface area contributed by atoms with Crippen molar-refractivity contribution >= 4 is 17.3 Å². The van der Waals surface area contributed by atoms with Gasteiger partial charge in [-0.25, -0.2) is 28.2 Å². The van der Waals surface area contributed by atoms with Crippen molar-refractivity contribution in [1.82, 2.24) is 24.6 Å². The molecule has 0 fully saturated rings. The van der Waals surface area contributed by atoms with Gasteiger partial charge in [-0.05, 0) is 24.3 Å². The summed E-state index contributed by atoms with van der Waals surface area (Å²) in [5, 5.41) is 7.15. The molecule has 7 nitrogen and oxygen atoms in total. The van der Waals surface area contributed by atoms with Gasteiger partial charge in [-0.1, -0.05) is 0 Å². The second-order valence-electron chi connectivity index (χ2n) is 5.53. The van der Waals surface area contributed by atoms with Gasteiger partial charge in [0, 0.05) is 34.8 Å². The summed E-state index contributed by atoms with van der Waals surface area (Å²) in [5.41, 5.74) is 7.85. The van der Waals surface area contributed by atoms with Crippen LogP contribution in [0.15, 0.2) is 49.1 Å². The van der Waals surface area contributed by atoms with Gasteiger partial charge in [-0.3, -0.25) is 0 Å². The summed E-state index contributed by atoms with van der Waals surface area (Å²) in [6.07, 6.45) is 4.72. The highest BCUT2D eigenvalue weighted by molar-refractivity contribution is 5.84. The van der Waals surface area contributed by atoms with E-state index in [2.05, 4.69) is 25.4 Å². The van der Waals surface area contributed by atoms with Crippen LogP contribution in [-0.4, -0.2) is 24.6 Å². The zero-order chi connectivity index (χ0) is 18.1. The molecule has 9 heteroatoms. The minimum atomic E-state index is -0.503. The highest BCUT2D eigenvalue weighted by atomic mass is 19.1. The average Bonchev–Trinajstić information content (AvgIpc) is 2.98. The molecule has 3 aromatic heterocycles. The maximum Gasteiger partial charge on any atom is 0.166 e. The predicted molar refractivity (Wildman–Crippen MR) is 98.5 cm³/mol. The van der Waals surface area contributed by atoms with Crippen molar-refractivity contribution < 1.29 is 13.1 Å². The van der Waals surface area contributed by atoms with Crippen LogP contribution in [0.4, 0.5) is 20.4 Å². The Kier molecular flexibility index (Phi) is 3.88. The van der Waals surface area contributed by atoms with Crippen molar-refractivity contribution in [3.63, 3.8) is 0 Å². The number of hydrogen-bond acceptors (Lipinski definition) is 6. The van der Waals surface area contributed by atoms with E-state index in [1.807, 2.05) is 0 Å². The summed E-state index contributed by atoms with van der Waals surface area (Å²) in [7, 11) is 0. The Morgan fingerprint density at radius 2 is 2.04 bits per heavy atom. The van der Waals surface area contributed by atoms with Crippen LogP contribution in [0.5, 0.6) is 0 Å². The lowest BCUT2D eigenvalue weighted by Gasteiger charge is -2.08. The molecule has 0 aliphatic carbocycles. The summed E-state index contributed by atoms with van der Waals surface area (Å²) >= 11 is 0. The number of nitrogens with zero attached hydrogens (tertiary/aromatic N) is 5. The van der Waals surface area contributed by atoms with E-state index in [1.54, 1.807) is 29.0 Å². The van der Waals surface area contributed by atoms with Crippen LogP contribution < -0.4 is 11.1 Å². The fraction of sp³-hybridized carbons (Fsp3) is 0.0588. The number of benzene rings is 1. The van der Waals surface area contributed by atoms with Crippen LogP contribution in [0.2, 0.25) is 0 Å².